The molecule has 1 atom stereocenters. The van der Waals surface area contributed by atoms with Gasteiger partial charge in [0.05, 0.1) is 11.6 Å². The standard InChI is InChI=1S/C11H14BrNO3S/c1-16-10-3-2-7(4-8(10)12)5-17-6-9(13)11(14)15/h2-4,9H,5-6,13H2,1H3,(H,14,15)/t9-/m0/s1. The molecule has 0 amide bonds. The zero-order chi connectivity index (χ0) is 12.8. The lowest BCUT2D eigenvalue weighted by Gasteiger charge is -2.08. The molecule has 0 aliphatic heterocycles. The van der Waals surface area contributed by atoms with Crippen LogP contribution in [0.3, 0.4) is 0 Å². The number of carbonyl (C=O) groups is 1. The molecule has 0 saturated carbocycles. The zero-order valence-corrected chi connectivity index (χ0v) is 11.8. The maximum Gasteiger partial charge on any atom is 0.321 e. The molecule has 94 valence electrons. The first-order valence-corrected chi connectivity index (χ1v) is 6.88. The summed E-state index contributed by atoms with van der Waals surface area (Å²) in [6.07, 6.45) is 0. The monoisotopic (exact) mass is 319 g/mol. The van der Waals surface area contributed by atoms with Crippen LogP contribution in [0.25, 0.3) is 0 Å². The first-order valence-electron chi connectivity index (χ1n) is 4.93. The van der Waals surface area contributed by atoms with Crippen LogP contribution in [0.1, 0.15) is 5.56 Å². The van der Waals surface area contributed by atoms with E-state index in [2.05, 4.69) is 15.9 Å². The Morgan fingerprint density at radius 2 is 2.35 bits per heavy atom. The van der Waals surface area contributed by atoms with Crippen molar-refractivity contribution in [1.29, 1.82) is 0 Å². The molecule has 0 fully saturated rings. The van der Waals surface area contributed by atoms with Crippen LogP contribution in [0.4, 0.5) is 0 Å². The molecule has 0 unspecified atom stereocenters. The predicted octanol–water partition coefficient (Wildman–Crippen LogP) is 2.10. The summed E-state index contributed by atoms with van der Waals surface area (Å²) in [7, 11) is 1.61. The first kappa shape index (κ1) is 14.3. The van der Waals surface area contributed by atoms with Gasteiger partial charge in [-0.15, -0.1) is 0 Å². The summed E-state index contributed by atoms with van der Waals surface area (Å²) in [5.41, 5.74) is 6.50. The number of hydrogen-bond acceptors (Lipinski definition) is 4. The van der Waals surface area contributed by atoms with Crippen molar-refractivity contribution in [2.75, 3.05) is 12.9 Å². The summed E-state index contributed by atoms with van der Waals surface area (Å²) in [4.78, 5) is 10.5. The molecule has 0 spiro atoms. The Morgan fingerprint density at radius 1 is 1.65 bits per heavy atom. The van der Waals surface area contributed by atoms with Crippen LogP contribution in [0.5, 0.6) is 5.75 Å². The third kappa shape index (κ3) is 4.57. The highest BCUT2D eigenvalue weighted by Crippen LogP contribution is 2.27. The summed E-state index contributed by atoms with van der Waals surface area (Å²) >= 11 is 4.90. The molecule has 1 rings (SSSR count). The molecule has 3 N–H and O–H groups in total. The van der Waals surface area contributed by atoms with Crippen molar-refractivity contribution in [1.82, 2.24) is 0 Å². The van der Waals surface area contributed by atoms with E-state index in [-0.39, 0.29) is 0 Å². The Morgan fingerprint density at radius 3 is 2.88 bits per heavy atom. The van der Waals surface area contributed by atoms with Gasteiger partial charge in [0.2, 0.25) is 0 Å². The summed E-state index contributed by atoms with van der Waals surface area (Å²) in [6.45, 7) is 0. The van der Waals surface area contributed by atoms with E-state index in [1.165, 1.54) is 11.8 Å². The van der Waals surface area contributed by atoms with Gasteiger partial charge < -0.3 is 15.6 Å². The third-order valence-electron chi connectivity index (χ3n) is 2.10. The highest BCUT2D eigenvalue weighted by atomic mass is 79.9. The number of benzene rings is 1. The van der Waals surface area contributed by atoms with Gasteiger partial charge in [-0.2, -0.15) is 11.8 Å². The fourth-order valence-corrected chi connectivity index (χ4v) is 2.69. The molecule has 0 bridgehead atoms. The van der Waals surface area contributed by atoms with Gasteiger partial charge in [0.1, 0.15) is 11.8 Å². The van der Waals surface area contributed by atoms with Gasteiger partial charge >= 0.3 is 5.97 Å². The second-order valence-corrected chi connectivity index (χ2v) is 5.31. The Balaban J connectivity index is 2.47. The van der Waals surface area contributed by atoms with Crippen molar-refractivity contribution in [3.05, 3.63) is 28.2 Å². The van der Waals surface area contributed by atoms with Gasteiger partial charge in [0.25, 0.3) is 0 Å². The highest BCUT2D eigenvalue weighted by molar-refractivity contribution is 9.10. The lowest BCUT2D eigenvalue weighted by molar-refractivity contribution is -0.137. The molecule has 17 heavy (non-hydrogen) atoms. The Labute approximate surface area is 113 Å². The molecule has 0 saturated heterocycles. The van der Waals surface area contributed by atoms with E-state index in [9.17, 15) is 4.79 Å². The van der Waals surface area contributed by atoms with Crippen molar-refractivity contribution >= 4 is 33.7 Å². The van der Waals surface area contributed by atoms with E-state index in [4.69, 9.17) is 15.6 Å². The van der Waals surface area contributed by atoms with Crippen LogP contribution in [0.15, 0.2) is 22.7 Å². The van der Waals surface area contributed by atoms with Crippen LogP contribution in [0, 0.1) is 0 Å². The number of rotatable bonds is 6. The van der Waals surface area contributed by atoms with Crippen molar-refractivity contribution in [3.63, 3.8) is 0 Å². The van der Waals surface area contributed by atoms with Crippen molar-refractivity contribution in [2.45, 2.75) is 11.8 Å². The fourth-order valence-electron chi connectivity index (χ4n) is 1.17. The minimum Gasteiger partial charge on any atom is -0.496 e. The van der Waals surface area contributed by atoms with E-state index in [0.29, 0.717) is 5.75 Å². The van der Waals surface area contributed by atoms with Crippen molar-refractivity contribution in [2.24, 2.45) is 5.73 Å². The summed E-state index contributed by atoms with van der Waals surface area (Å²) in [5, 5.41) is 8.63. The smallest absolute Gasteiger partial charge is 0.321 e. The second kappa shape index (κ2) is 6.88. The largest absolute Gasteiger partial charge is 0.496 e. The summed E-state index contributed by atoms with van der Waals surface area (Å²) in [6, 6.07) is 4.97. The minimum absolute atomic E-state index is 0.402. The van der Waals surface area contributed by atoms with Gasteiger partial charge in [0, 0.05) is 11.5 Å². The number of carboxylic acid groups (broad SMARTS) is 1. The zero-order valence-electron chi connectivity index (χ0n) is 9.35. The first-order chi connectivity index (χ1) is 8.04. The number of aliphatic carboxylic acids is 1. The lowest BCUT2D eigenvalue weighted by Crippen LogP contribution is -2.32. The number of carboxylic acids is 1. The summed E-state index contributed by atoms with van der Waals surface area (Å²) in [5.74, 6) is 0.942. The molecular weight excluding hydrogens is 306 g/mol. The average Bonchev–Trinajstić information content (AvgIpc) is 2.29. The molecule has 0 aliphatic rings. The fraction of sp³-hybridized carbons (Fsp3) is 0.364. The van der Waals surface area contributed by atoms with Crippen LogP contribution >= 0.6 is 27.7 Å². The predicted molar refractivity (Wildman–Crippen MR) is 72.5 cm³/mol. The topological polar surface area (TPSA) is 72.5 Å². The molecule has 6 heteroatoms. The van der Waals surface area contributed by atoms with Crippen LogP contribution < -0.4 is 10.5 Å². The SMILES string of the molecule is COc1ccc(CSC[C@H](N)C(=O)O)cc1Br. The number of ether oxygens (including phenoxy) is 1. The maximum atomic E-state index is 10.5. The van der Waals surface area contributed by atoms with Gasteiger partial charge in [-0.3, -0.25) is 4.79 Å². The molecular formula is C11H14BrNO3S. The summed E-state index contributed by atoms with van der Waals surface area (Å²) < 4.78 is 6.01. The number of hydrogen-bond donors (Lipinski definition) is 2. The van der Waals surface area contributed by atoms with Gasteiger partial charge in [-0.1, -0.05) is 6.07 Å². The van der Waals surface area contributed by atoms with E-state index >= 15 is 0 Å². The van der Waals surface area contributed by atoms with Crippen LogP contribution in [-0.4, -0.2) is 30.0 Å². The molecule has 1 aromatic rings. The Hall–Kier alpha value is -0.720. The van der Waals surface area contributed by atoms with E-state index in [1.54, 1.807) is 7.11 Å². The number of thioether (sulfide) groups is 1. The molecule has 0 heterocycles. The second-order valence-electron chi connectivity index (χ2n) is 3.43. The van der Waals surface area contributed by atoms with E-state index < -0.39 is 12.0 Å². The molecule has 0 radical (unpaired) electrons. The molecule has 1 aromatic carbocycles. The average molecular weight is 320 g/mol. The maximum absolute atomic E-state index is 10.5. The Bertz CT molecular complexity index is 400. The van der Waals surface area contributed by atoms with Crippen molar-refractivity contribution < 1.29 is 14.6 Å². The molecule has 0 aromatic heterocycles. The number of halogens is 1. The minimum atomic E-state index is -0.964. The van der Waals surface area contributed by atoms with Gasteiger partial charge in [-0.25, -0.2) is 0 Å². The third-order valence-corrected chi connectivity index (χ3v) is 3.85. The lowest BCUT2D eigenvalue weighted by atomic mass is 10.2. The van der Waals surface area contributed by atoms with E-state index in [0.717, 1.165) is 21.5 Å². The molecule has 0 aliphatic carbocycles. The van der Waals surface area contributed by atoms with Crippen LogP contribution in [0.2, 0.25) is 0 Å². The number of nitrogens with two attached hydrogens (primary N) is 1. The Kier molecular flexibility index (Phi) is 5.80. The van der Waals surface area contributed by atoms with Crippen molar-refractivity contribution in [3.8, 4) is 5.75 Å². The normalized spacial score (nSPS) is 12.2. The van der Waals surface area contributed by atoms with Crippen LogP contribution in [-0.2, 0) is 10.5 Å². The van der Waals surface area contributed by atoms with Gasteiger partial charge in [0.15, 0.2) is 0 Å². The quantitative estimate of drug-likeness (QED) is 0.840. The number of methoxy groups -OCH3 is 1. The van der Waals surface area contributed by atoms with Gasteiger partial charge in [-0.05, 0) is 33.6 Å². The highest BCUT2D eigenvalue weighted by Gasteiger charge is 2.11. The molecule has 4 nitrogen and oxygen atoms in total. The van der Waals surface area contributed by atoms with E-state index in [1.807, 2.05) is 18.2 Å².